The highest BCUT2D eigenvalue weighted by molar-refractivity contribution is 6.30. The fraction of sp³-hybridized carbons (Fsp3) is 0.500. The van der Waals surface area contributed by atoms with Crippen molar-refractivity contribution < 1.29 is 14.7 Å². The lowest BCUT2D eigenvalue weighted by Gasteiger charge is -2.27. The molecule has 1 amide bonds. The van der Waals surface area contributed by atoms with E-state index in [1.54, 1.807) is 29.2 Å². The molecule has 0 radical (unpaired) electrons. The second-order valence-corrected chi connectivity index (χ2v) is 7.83. The monoisotopic (exact) mass is 378 g/mol. The third-order valence-corrected chi connectivity index (χ3v) is 4.64. The number of nitrogens with zero attached hydrogens (tertiary/aromatic N) is 2. The first-order valence-corrected chi connectivity index (χ1v) is 9.27. The van der Waals surface area contributed by atoms with Gasteiger partial charge in [0, 0.05) is 18.0 Å². The maximum atomic E-state index is 12.8. The summed E-state index contributed by atoms with van der Waals surface area (Å²) in [6.07, 6.45) is 1.05. The van der Waals surface area contributed by atoms with E-state index in [2.05, 4.69) is 0 Å². The molecule has 0 aliphatic carbocycles. The molecule has 0 spiro atoms. The predicted octanol–water partition coefficient (Wildman–Crippen LogP) is 3.60. The van der Waals surface area contributed by atoms with E-state index in [0.29, 0.717) is 18.0 Å². The van der Waals surface area contributed by atoms with Crippen molar-refractivity contribution in [2.24, 2.45) is 5.92 Å². The second kappa shape index (κ2) is 8.69. The number of hydrogen-bond acceptors (Lipinski definition) is 4. The van der Waals surface area contributed by atoms with Gasteiger partial charge in [-0.25, -0.2) is 0 Å². The highest BCUT2D eigenvalue weighted by atomic mass is 35.5. The third kappa shape index (κ3) is 4.65. The average Bonchev–Trinajstić information content (AvgIpc) is 2.79. The topological polar surface area (TPSA) is 60.9 Å². The summed E-state index contributed by atoms with van der Waals surface area (Å²) in [7, 11) is 3.94. The summed E-state index contributed by atoms with van der Waals surface area (Å²) in [4.78, 5) is 29.0. The van der Waals surface area contributed by atoms with Gasteiger partial charge in [-0.1, -0.05) is 37.6 Å². The number of aliphatic hydroxyl groups excluding tert-OH is 1. The van der Waals surface area contributed by atoms with Gasteiger partial charge in [-0.2, -0.15) is 0 Å². The lowest BCUT2D eigenvalue weighted by atomic mass is 9.92. The minimum absolute atomic E-state index is 0.145. The minimum atomic E-state index is -0.562. The van der Waals surface area contributed by atoms with E-state index in [4.69, 9.17) is 11.6 Å². The van der Waals surface area contributed by atoms with Crippen LogP contribution < -0.4 is 0 Å². The van der Waals surface area contributed by atoms with Crippen molar-refractivity contribution in [2.45, 2.75) is 32.7 Å². The average molecular weight is 379 g/mol. The summed E-state index contributed by atoms with van der Waals surface area (Å²) in [6.45, 7) is 5.16. The highest BCUT2D eigenvalue weighted by Gasteiger charge is 2.42. The van der Waals surface area contributed by atoms with Gasteiger partial charge in [0.05, 0.1) is 11.6 Å². The molecule has 0 fully saturated rings. The van der Waals surface area contributed by atoms with Crippen LogP contribution in [-0.4, -0.2) is 53.8 Å². The number of halogens is 1. The van der Waals surface area contributed by atoms with Crippen molar-refractivity contribution in [2.75, 3.05) is 27.2 Å². The van der Waals surface area contributed by atoms with E-state index in [9.17, 15) is 14.7 Å². The first-order chi connectivity index (χ1) is 12.2. The molecule has 5 nitrogen and oxygen atoms in total. The van der Waals surface area contributed by atoms with Gasteiger partial charge in [-0.05, 0) is 50.7 Å². The molecule has 1 aromatic carbocycles. The quantitative estimate of drug-likeness (QED) is 0.750. The Labute approximate surface area is 160 Å². The van der Waals surface area contributed by atoms with Crippen LogP contribution in [0.5, 0.6) is 0 Å². The van der Waals surface area contributed by atoms with E-state index < -0.39 is 17.7 Å². The van der Waals surface area contributed by atoms with E-state index >= 15 is 0 Å². The van der Waals surface area contributed by atoms with Gasteiger partial charge in [0.15, 0.2) is 11.5 Å². The molecule has 0 saturated heterocycles. The minimum Gasteiger partial charge on any atom is -0.503 e. The Balaban J connectivity index is 2.38. The Morgan fingerprint density at radius 3 is 2.42 bits per heavy atom. The zero-order valence-corrected chi connectivity index (χ0v) is 16.6. The number of rotatable bonds is 8. The molecule has 1 aliphatic heterocycles. The number of amides is 1. The molecule has 1 aromatic rings. The number of Topliss-reactive ketones (excluding diaryl/α,β-unsaturated/α-hetero) is 1. The summed E-state index contributed by atoms with van der Waals surface area (Å²) in [5, 5.41) is 11.0. The summed E-state index contributed by atoms with van der Waals surface area (Å²) in [6, 6.07) is 6.52. The molecule has 1 N–H and O–H groups in total. The zero-order valence-electron chi connectivity index (χ0n) is 15.8. The van der Waals surface area contributed by atoms with E-state index in [1.165, 1.54) is 0 Å². The lowest BCUT2D eigenvalue weighted by molar-refractivity contribution is -0.129. The van der Waals surface area contributed by atoms with Crippen LogP contribution in [0.25, 0.3) is 0 Å². The van der Waals surface area contributed by atoms with E-state index in [-0.39, 0.29) is 17.3 Å². The summed E-state index contributed by atoms with van der Waals surface area (Å²) in [5.41, 5.74) is 0.986. The number of ketones is 1. The van der Waals surface area contributed by atoms with Crippen LogP contribution in [-0.2, 0) is 9.59 Å². The number of carbonyl (C=O) groups excluding carboxylic acids is 2. The van der Waals surface area contributed by atoms with Crippen LogP contribution in [0.4, 0.5) is 0 Å². The molecule has 0 aromatic heterocycles. The summed E-state index contributed by atoms with van der Waals surface area (Å²) in [5.74, 6) is -0.927. The van der Waals surface area contributed by atoms with Gasteiger partial charge < -0.3 is 14.9 Å². The fourth-order valence-electron chi connectivity index (χ4n) is 3.20. The predicted molar refractivity (Wildman–Crippen MR) is 103 cm³/mol. The molecule has 1 atom stereocenters. The Kier molecular flexibility index (Phi) is 6.84. The first-order valence-electron chi connectivity index (χ1n) is 8.89. The molecule has 142 valence electrons. The van der Waals surface area contributed by atoms with Crippen molar-refractivity contribution in [1.82, 2.24) is 9.80 Å². The first kappa shape index (κ1) is 20.5. The summed E-state index contributed by atoms with van der Waals surface area (Å²) < 4.78 is 0. The second-order valence-electron chi connectivity index (χ2n) is 7.39. The van der Waals surface area contributed by atoms with Gasteiger partial charge in [0.2, 0.25) is 0 Å². The Morgan fingerprint density at radius 2 is 1.88 bits per heavy atom. The van der Waals surface area contributed by atoms with Gasteiger partial charge in [-0.15, -0.1) is 0 Å². The molecule has 1 heterocycles. The van der Waals surface area contributed by atoms with Crippen molar-refractivity contribution in [3.63, 3.8) is 0 Å². The fourth-order valence-corrected chi connectivity index (χ4v) is 3.32. The van der Waals surface area contributed by atoms with Crippen LogP contribution in [0.2, 0.25) is 5.02 Å². The van der Waals surface area contributed by atoms with E-state index in [1.807, 2.05) is 32.8 Å². The molecule has 26 heavy (non-hydrogen) atoms. The number of aliphatic hydroxyl groups is 1. The van der Waals surface area contributed by atoms with Crippen molar-refractivity contribution in [1.29, 1.82) is 0 Å². The van der Waals surface area contributed by atoms with Crippen molar-refractivity contribution >= 4 is 23.3 Å². The Bertz CT molecular complexity index is 696. The largest absolute Gasteiger partial charge is 0.503 e. The van der Waals surface area contributed by atoms with Gasteiger partial charge >= 0.3 is 0 Å². The van der Waals surface area contributed by atoms with Crippen LogP contribution in [0.1, 0.15) is 38.3 Å². The molecule has 6 heteroatoms. The van der Waals surface area contributed by atoms with Crippen LogP contribution >= 0.6 is 11.6 Å². The molecule has 0 bridgehead atoms. The molecule has 2 rings (SSSR count). The SMILES string of the molecule is CC(C)CC(=O)C1=C(O)C(=O)N(CCCN(C)C)C1c1ccc(Cl)cc1. The van der Waals surface area contributed by atoms with Crippen LogP contribution in [0.15, 0.2) is 35.6 Å². The number of hydrogen-bond donors (Lipinski definition) is 1. The molecular formula is C20H27ClN2O3. The zero-order chi connectivity index (χ0) is 19.4. The molecule has 1 aliphatic rings. The third-order valence-electron chi connectivity index (χ3n) is 4.39. The summed E-state index contributed by atoms with van der Waals surface area (Å²) >= 11 is 5.98. The van der Waals surface area contributed by atoms with Gasteiger partial charge in [0.1, 0.15) is 0 Å². The normalized spacial score (nSPS) is 17.7. The maximum absolute atomic E-state index is 12.8. The Morgan fingerprint density at radius 1 is 1.27 bits per heavy atom. The molecular weight excluding hydrogens is 352 g/mol. The number of carbonyl (C=O) groups is 2. The standard InChI is InChI=1S/C20H27ClN2O3/c1-13(2)12-16(24)17-18(14-6-8-15(21)9-7-14)23(20(26)19(17)25)11-5-10-22(3)4/h6-9,13,18,25H,5,10-12H2,1-4H3. The van der Waals surface area contributed by atoms with Crippen LogP contribution in [0.3, 0.4) is 0 Å². The Hall–Kier alpha value is -1.85. The smallest absolute Gasteiger partial charge is 0.290 e. The van der Waals surface area contributed by atoms with E-state index in [0.717, 1.165) is 18.5 Å². The molecule has 1 unspecified atom stereocenters. The van der Waals surface area contributed by atoms with Crippen LogP contribution in [0, 0.1) is 5.92 Å². The molecule has 0 saturated carbocycles. The van der Waals surface area contributed by atoms with Gasteiger partial charge in [-0.3, -0.25) is 9.59 Å². The van der Waals surface area contributed by atoms with Crippen molar-refractivity contribution in [3.8, 4) is 0 Å². The van der Waals surface area contributed by atoms with Crippen molar-refractivity contribution in [3.05, 3.63) is 46.2 Å². The number of benzene rings is 1. The van der Waals surface area contributed by atoms with Gasteiger partial charge in [0.25, 0.3) is 5.91 Å². The highest BCUT2D eigenvalue weighted by Crippen LogP contribution is 2.39. The maximum Gasteiger partial charge on any atom is 0.290 e. The lowest BCUT2D eigenvalue weighted by Crippen LogP contribution is -2.33.